The predicted molar refractivity (Wildman–Crippen MR) is 185 cm³/mol. The van der Waals surface area contributed by atoms with Gasteiger partial charge in [-0.05, 0) is 74.7 Å². The average Bonchev–Trinajstić information content (AvgIpc) is 2.92. The summed E-state index contributed by atoms with van der Waals surface area (Å²) in [4.78, 5) is 24.1. The van der Waals surface area contributed by atoms with Crippen LogP contribution in [-0.2, 0) is 9.59 Å². The molecule has 0 saturated carbocycles. The van der Waals surface area contributed by atoms with E-state index in [9.17, 15) is 19.8 Å². The topological polar surface area (TPSA) is 74.6 Å². The molecule has 0 aliphatic heterocycles. The summed E-state index contributed by atoms with van der Waals surface area (Å²) >= 11 is 0. The van der Waals surface area contributed by atoms with Gasteiger partial charge in [-0.3, -0.25) is 9.59 Å². The molecule has 0 saturated heterocycles. The Hall–Kier alpha value is -3.60. The molecule has 0 radical (unpaired) electrons. The van der Waals surface area contributed by atoms with Gasteiger partial charge in [0.15, 0.2) is 11.6 Å². The van der Waals surface area contributed by atoms with Crippen LogP contribution in [0, 0.1) is 10.8 Å². The Bertz CT molecular complexity index is 1340. The van der Waals surface area contributed by atoms with Gasteiger partial charge in [0.1, 0.15) is 12.2 Å². The third-order valence-corrected chi connectivity index (χ3v) is 8.26. The average molecular weight is 597 g/mol. The summed E-state index contributed by atoms with van der Waals surface area (Å²) in [6, 6.07) is 0. The van der Waals surface area contributed by atoms with E-state index in [1.165, 1.54) is 0 Å². The van der Waals surface area contributed by atoms with Gasteiger partial charge in [-0.1, -0.05) is 135 Å². The van der Waals surface area contributed by atoms with Gasteiger partial charge in [-0.15, -0.1) is 0 Å². The molecule has 0 spiro atoms. The van der Waals surface area contributed by atoms with Crippen LogP contribution in [0.25, 0.3) is 0 Å². The fourth-order valence-corrected chi connectivity index (χ4v) is 5.58. The molecule has 0 bridgehead atoms. The maximum Gasteiger partial charge on any atom is 0.166 e. The smallest absolute Gasteiger partial charge is 0.166 e. The summed E-state index contributed by atoms with van der Waals surface area (Å²) in [5, 5.41) is 20.4. The van der Waals surface area contributed by atoms with E-state index >= 15 is 0 Å². The van der Waals surface area contributed by atoms with E-state index in [2.05, 4.69) is 38.2 Å². The second-order valence-electron chi connectivity index (χ2n) is 13.5. The van der Waals surface area contributed by atoms with Gasteiger partial charge in [0, 0.05) is 12.8 Å². The lowest BCUT2D eigenvalue weighted by molar-refractivity contribution is -0.128. The van der Waals surface area contributed by atoms with Crippen LogP contribution in [0.5, 0.6) is 0 Å². The van der Waals surface area contributed by atoms with Crippen molar-refractivity contribution in [1.82, 2.24) is 0 Å². The standard InChI is InChI=1S/C40H52O4/c1-27(17-13-19-29(3)21-23-33-31(5)37(43)35(41)25-39(33,7)8)15-11-12-16-28(2)18-14-20-30(4)22-24-34-32(6)38(44)36(42)26-40(34,9)10/h11-24,37-38,43-44H,25-26H2,1-10H3/b12-11+,17-13+,18-14+,23-21+,24-22+,27-15-,28-16+,29-19+,30-20-. The number of hydrogen-bond acceptors (Lipinski definition) is 4. The number of ketones is 2. The molecule has 2 rings (SSSR count). The number of carbonyl (C=O) groups excluding carboxylic acids is 2. The van der Waals surface area contributed by atoms with Gasteiger partial charge in [0.25, 0.3) is 0 Å². The van der Waals surface area contributed by atoms with E-state index in [-0.39, 0.29) is 22.4 Å². The van der Waals surface area contributed by atoms with Gasteiger partial charge in [0.05, 0.1) is 0 Å². The lowest BCUT2D eigenvalue weighted by atomic mass is 9.71. The SMILES string of the molecule is CC1=C(/C=C/C(C)=C\C=C\C(C)=C\C=C\C=C(C)/C=C/C=C(C)/C=C/C2=C(C)C(O)C(=O)CC2(C)C)C(C)(C)CC(=O)C1O. The lowest BCUT2D eigenvalue weighted by Gasteiger charge is -2.34. The maximum absolute atomic E-state index is 12.0. The molecule has 0 aromatic heterocycles. The monoisotopic (exact) mass is 596 g/mol. The van der Waals surface area contributed by atoms with E-state index in [0.29, 0.717) is 12.8 Å². The summed E-state index contributed by atoms with van der Waals surface area (Å²) in [7, 11) is 0. The molecular weight excluding hydrogens is 544 g/mol. The summed E-state index contributed by atoms with van der Waals surface area (Å²) in [5.41, 5.74) is 7.37. The van der Waals surface area contributed by atoms with Crippen molar-refractivity contribution in [3.05, 3.63) is 130 Å². The molecule has 2 atom stereocenters. The first-order valence-electron chi connectivity index (χ1n) is 15.4. The summed E-state index contributed by atoms with van der Waals surface area (Å²) in [5.74, 6) is -0.220. The Morgan fingerprint density at radius 2 is 0.864 bits per heavy atom. The van der Waals surface area contributed by atoms with Crippen molar-refractivity contribution in [2.24, 2.45) is 10.8 Å². The quantitative estimate of drug-likeness (QED) is 0.247. The number of aliphatic hydroxyl groups excluding tert-OH is 2. The Balaban J connectivity index is 1.95. The minimum atomic E-state index is -0.995. The highest BCUT2D eigenvalue weighted by molar-refractivity contribution is 5.89. The van der Waals surface area contributed by atoms with E-state index in [4.69, 9.17) is 0 Å². The molecule has 0 heterocycles. The minimum absolute atomic E-state index is 0.110. The zero-order chi connectivity index (χ0) is 33.2. The fraction of sp³-hybridized carbons (Fsp3) is 0.400. The fourth-order valence-electron chi connectivity index (χ4n) is 5.58. The number of aliphatic hydroxyl groups is 2. The molecule has 2 aliphatic rings. The van der Waals surface area contributed by atoms with E-state index < -0.39 is 12.2 Å². The number of hydrogen-bond donors (Lipinski definition) is 2. The molecule has 0 amide bonds. The highest BCUT2D eigenvalue weighted by atomic mass is 16.3. The summed E-state index contributed by atoms with van der Waals surface area (Å²) < 4.78 is 0. The van der Waals surface area contributed by atoms with Gasteiger partial charge in [-0.2, -0.15) is 0 Å². The van der Waals surface area contributed by atoms with Crippen LogP contribution in [0.3, 0.4) is 0 Å². The van der Waals surface area contributed by atoms with Crippen LogP contribution in [0.15, 0.2) is 130 Å². The number of carbonyl (C=O) groups is 2. The van der Waals surface area contributed by atoms with Crippen LogP contribution in [-0.4, -0.2) is 34.0 Å². The van der Waals surface area contributed by atoms with Crippen LogP contribution < -0.4 is 0 Å². The molecule has 0 aromatic rings. The van der Waals surface area contributed by atoms with Crippen LogP contribution in [0.1, 0.15) is 82.1 Å². The van der Waals surface area contributed by atoms with Gasteiger partial charge in [0.2, 0.25) is 0 Å². The Labute approximate surface area is 265 Å². The predicted octanol–water partition coefficient (Wildman–Crippen LogP) is 8.91. The molecule has 4 heteroatoms. The van der Waals surface area contributed by atoms with Crippen LogP contribution in [0.2, 0.25) is 0 Å². The van der Waals surface area contributed by atoms with Crippen LogP contribution in [0.4, 0.5) is 0 Å². The molecule has 0 fully saturated rings. The summed E-state index contributed by atoms with van der Waals surface area (Å²) in [6.45, 7) is 20.0. The van der Waals surface area contributed by atoms with E-state index in [0.717, 1.165) is 44.6 Å². The number of rotatable bonds is 10. The van der Waals surface area contributed by atoms with Crippen molar-refractivity contribution in [2.75, 3.05) is 0 Å². The van der Waals surface area contributed by atoms with Crippen LogP contribution >= 0.6 is 0 Å². The second kappa shape index (κ2) is 15.9. The van der Waals surface area contributed by atoms with Crippen molar-refractivity contribution >= 4 is 11.6 Å². The van der Waals surface area contributed by atoms with Gasteiger partial charge in [-0.25, -0.2) is 0 Å². The second-order valence-corrected chi connectivity index (χ2v) is 13.5. The lowest BCUT2D eigenvalue weighted by Crippen LogP contribution is -2.35. The Kier molecular flexibility index (Phi) is 13.2. The molecular formula is C40H52O4. The van der Waals surface area contributed by atoms with Crippen molar-refractivity contribution in [3.63, 3.8) is 0 Å². The third-order valence-electron chi connectivity index (χ3n) is 8.26. The van der Waals surface area contributed by atoms with Crippen molar-refractivity contribution in [2.45, 2.75) is 94.3 Å². The molecule has 2 N–H and O–H groups in total. The first-order valence-corrected chi connectivity index (χ1v) is 15.4. The molecule has 236 valence electrons. The number of Topliss-reactive ketones (excluding diaryl/α,β-unsaturated/α-hetero) is 2. The first-order chi connectivity index (χ1) is 20.5. The summed E-state index contributed by atoms with van der Waals surface area (Å²) in [6.07, 6.45) is 27.2. The molecule has 0 aromatic carbocycles. The van der Waals surface area contributed by atoms with E-state index in [1.54, 1.807) is 0 Å². The van der Waals surface area contributed by atoms with Crippen molar-refractivity contribution < 1.29 is 19.8 Å². The van der Waals surface area contributed by atoms with Crippen molar-refractivity contribution in [3.8, 4) is 0 Å². The van der Waals surface area contributed by atoms with Crippen molar-refractivity contribution in [1.29, 1.82) is 0 Å². The largest absolute Gasteiger partial charge is 0.381 e. The highest BCUT2D eigenvalue weighted by Crippen LogP contribution is 2.40. The maximum atomic E-state index is 12.0. The Morgan fingerprint density at radius 3 is 1.20 bits per heavy atom. The highest BCUT2D eigenvalue weighted by Gasteiger charge is 2.37. The molecule has 2 aliphatic carbocycles. The van der Waals surface area contributed by atoms with E-state index in [1.807, 2.05) is 116 Å². The minimum Gasteiger partial charge on any atom is -0.381 e. The normalized spacial score (nSPS) is 24.5. The third kappa shape index (κ3) is 10.5. The molecule has 2 unspecified atom stereocenters. The number of allylic oxidation sites excluding steroid dienone is 20. The van der Waals surface area contributed by atoms with Gasteiger partial charge < -0.3 is 10.2 Å². The Morgan fingerprint density at radius 1 is 0.568 bits per heavy atom. The zero-order valence-corrected chi connectivity index (χ0v) is 28.4. The van der Waals surface area contributed by atoms with Gasteiger partial charge >= 0.3 is 0 Å². The first kappa shape index (κ1) is 36.6. The molecule has 4 nitrogen and oxygen atoms in total. The molecule has 44 heavy (non-hydrogen) atoms. The zero-order valence-electron chi connectivity index (χ0n) is 28.4.